The lowest BCUT2D eigenvalue weighted by molar-refractivity contribution is 0.251. The van der Waals surface area contributed by atoms with E-state index in [2.05, 4.69) is 27.8 Å². The number of amides is 2. The van der Waals surface area contributed by atoms with Gasteiger partial charge in [0.05, 0.1) is 13.7 Å². The zero-order valence-electron chi connectivity index (χ0n) is 16.4. The maximum Gasteiger partial charge on any atom is 0.319 e. The number of aryl methyl sites for hydroxylation is 1. The van der Waals surface area contributed by atoms with Gasteiger partial charge in [0, 0.05) is 24.6 Å². The number of rotatable bonds is 9. The normalized spacial score (nSPS) is 10.2. The number of carbonyl (C=O) groups is 1. The van der Waals surface area contributed by atoms with E-state index in [0.717, 1.165) is 29.9 Å². The second-order valence-electron chi connectivity index (χ2n) is 6.49. The first-order valence-electron chi connectivity index (χ1n) is 9.52. The Labute approximate surface area is 170 Å². The molecule has 2 amide bonds. The fraction of sp³-hybridized carbons (Fsp3) is 0.217. The smallest absolute Gasteiger partial charge is 0.319 e. The zero-order chi connectivity index (χ0) is 20.3. The van der Waals surface area contributed by atoms with E-state index in [-0.39, 0.29) is 6.03 Å². The molecule has 29 heavy (non-hydrogen) atoms. The van der Waals surface area contributed by atoms with Gasteiger partial charge in [0.2, 0.25) is 0 Å². The Bertz CT molecular complexity index is 882. The molecule has 6 heteroatoms. The Hall–Kier alpha value is -3.54. The summed E-state index contributed by atoms with van der Waals surface area (Å²) >= 11 is 0. The second kappa shape index (κ2) is 10.7. The number of carbonyl (C=O) groups excluding carboxylic acids is 1. The summed E-state index contributed by atoms with van der Waals surface area (Å²) in [5.74, 6) is 1.64. The molecule has 0 atom stereocenters. The van der Waals surface area contributed by atoms with Crippen LogP contribution in [0.5, 0.6) is 11.5 Å². The van der Waals surface area contributed by atoms with Crippen molar-refractivity contribution in [3.8, 4) is 11.5 Å². The van der Waals surface area contributed by atoms with E-state index in [1.807, 2.05) is 48.5 Å². The highest BCUT2D eigenvalue weighted by Crippen LogP contribution is 2.17. The van der Waals surface area contributed by atoms with Gasteiger partial charge in [0.1, 0.15) is 11.5 Å². The van der Waals surface area contributed by atoms with E-state index in [0.29, 0.717) is 18.8 Å². The van der Waals surface area contributed by atoms with E-state index < -0.39 is 0 Å². The average Bonchev–Trinajstić information content (AvgIpc) is 2.77. The Morgan fingerprint density at radius 3 is 2.41 bits per heavy atom. The molecule has 0 bridgehead atoms. The van der Waals surface area contributed by atoms with Crippen molar-refractivity contribution in [3.63, 3.8) is 0 Å². The predicted octanol–water partition coefficient (Wildman–Crippen LogP) is 4.42. The Morgan fingerprint density at radius 2 is 1.72 bits per heavy atom. The highest BCUT2D eigenvalue weighted by molar-refractivity contribution is 5.89. The van der Waals surface area contributed by atoms with Crippen LogP contribution in [0, 0.1) is 0 Å². The van der Waals surface area contributed by atoms with Crippen LogP contribution in [0.1, 0.15) is 17.5 Å². The lowest BCUT2D eigenvalue weighted by Gasteiger charge is -2.10. The van der Waals surface area contributed by atoms with E-state index in [1.165, 1.54) is 5.56 Å². The van der Waals surface area contributed by atoms with Crippen LogP contribution in [-0.4, -0.2) is 24.7 Å². The highest BCUT2D eigenvalue weighted by atomic mass is 16.5. The van der Waals surface area contributed by atoms with Gasteiger partial charge >= 0.3 is 6.03 Å². The van der Waals surface area contributed by atoms with Gasteiger partial charge in [-0.15, -0.1) is 0 Å². The molecule has 6 nitrogen and oxygen atoms in total. The Balaban J connectivity index is 1.36. The van der Waals surface area contributed by atoms with Gasteiger partial charge in [-0.2, -0.15) is 0 Å². The summed E-state index contributed by atoms with van der Waals surface area (Å²) in [6.07, 6.45) is 5.29. The fourth-order valence-corrected chi connectivity index (χ4v) is 2.75. The molecule has 0 radical (unpaired) electrons. The molecule has 0 aliphatic rings. The maximum absolute atomic E-state index is 12.0. The molecule has 0 spiro atoms. The minimum atomic E-state index is -0.262. The first-order valence-corrected chi connectivity index (χ1v) is 9.52. The van der Waals surface area contributed by atoms with E-state index >= 15 is 0 Å². The van der Waals surface area contributed by atoms with E-state index in [1.54, 1.807) is 19.5 Å². The first kappa shape index (κ1) is 20.2. The SMILES string of the molecule is COc1ccc(CCCOc2ccc(NC(=O)NCc3cccnc3)cc2)cc1. The number of nitrogens with zero attached hydrogens (tertiary/aromatic N) is 1. The number of aromatic nitrogens is 1. The Morgan fingerprint density at radius 1 is 0.966 bits per heavy atom. The van der Waals surface area contributed by atoms with Crippen LogP contribution >= 0.6 is 0 Å². The summed E-state index contributed by atoms with van der Waals surface area (Å²) in [6.45, 7) is 1.06. The van der Waals surface area contributed by atoms with Crippen molar-refractivity contribution < 1.29 is 14.3 Å². The lowest BCUT2D eigenvalue weighted by Crippen LogP contribution is -2.28. The van der Waals surface area contributed by atoms with Gasteiger partial charge < -0.3 is 20.1 Å². The molecule has 0 saturated carbocycles. The maximum atomic E-state index is 12.0. The summed E-state index contributed by atoms with van der Waals surface area (Å²) in [5, 5.41) is 5.60. The van der Waals surface area contributed by atoms with Crippen LogP contribution in [0.4, 0.5) is 10.5 Å². The van der Waals surface area contributed by atoms with Crippen molar-refractivity contribution >= 4 is 11.7 Å². The third-order valence-corrected chi connectivity index (χ3v) is 4.33. The van der Waals surface area contributed by atoms with Crippen LogP contribution < -0.4 is 20.1 Å². The first-order chi connectivity index (χ1) is 14.2. The van der Waals surface area contributed by atoms with Crippen LogP contribution in [0.25, 0.3) is 0 Å². The number of methoxy groups -OCH3 is 1. The lowest BCUT2D eigenvalue weighted by atomic mass is 10.1. The number of hydrogen-bond donors (Lipinski definition) is 2. The minimum absolute atomic E-state index is 0.262. The summed E-state index contributed by atoms with van der Waals surface area (Å²) in [7, 11) is 1.67. The molecule has 0 fully saturated rings. The molecule has 1 aromatic heterocycles. The van der Waals surface area contributed by atoms with Crippen LogP contribution in [-0.2, 0) is 13.0 Å². The van der Waals surface area contributed by atoms with E-state index in [4.69, 9.17) is 9.47 Å². The fourth-order valence-electron chi connectivity index (χ4n) is 2.75. The number of ether oxygens (including phenoxy) is 2. The van der Waals surface area contributed by atoms with Gasteiger partial charge in [0.15, 0.2) is 0 Å². The summed E-state index contributed by atoms with van der Waals surface area (Å²) in [5.41, 5.74) is 2.91. The summed E-state index contributed by atoms with van der Waals surface area (Å²) in [6, 6.07) is 18.9. The number of pyridine rings is 1. The number of hydrogen-bond acceptors (Lipinski definition) is 4. The second-order valence-corrected chi connectivity index (χ2v) is 6.49. The number of anilines is 1. The summed E-state index contributed by atoms with van der Waals surface area (Å²) in [4.78, 5) is 16.0. The molecule has 150 valence electrons. The zero-order valence-corrected chi connectivity index (χ0v) is 16.4. The van der Waals surface area contributed by atoms with Gasteiger partial charge in [-0.3, -0.25) is 4.98 Å². The molecule has 0 unspecified atom stereocenters. The monoisotopic (exact) mass is 391 g/mol. The average molecular weight is 391 g/mol. The molecule has 0 aliphatic carbocycles. The highest BCUT2D eigenvalue weighted by Gasteiger charge is 2.03. The Kier molecular flexibility index (Phi) is 7.46. The van der Waals surface area contributed by atoms with Crippen LogP contribution in [0.15, 0.2) is 73.1 Å². The quantitative estimate of drug-likeness (QED) is 0.530. The molecule has 2 N–H and O–H groups in total. The molecule has 3 aromatic rings. The standard InChI is InChI=1S/C23H25N3O3/c1-28-21-10-6-18(7-11-21)5-3-15-29-22-12-8-20(9-13-22)26-23(27)25-17-19-4-2-14-24-16-19/h2,4,6-14,16H,3,5,15,17H2,1H3,(H2,25,26,27). The van der Waals surface area contributed by atoms with E-state index in [9.17, 15) is 4.79 Å². The third kappa shape index (κ3) is 6.84. The largest absolute Gasteiger partial charge is 0.497 e. The van der Waals surface area contributed by atoms with Crippen molar-refractivity contribution in [1.82, 2.24) is 10.3 Å². The van der Waals surface area contributed by atoms with Crippen LogP contribution in [0.2, 0.25) is 0 Å². The van der Waals surface area contributed by atoms with Crippen molar-refractivity contribution in [2.75, 3.05) is 19.0 Å². The molecule has 0 saturated heterocycles. The van der Waals surface area contributed by atoms with Crippen molar-refractivity contribution in [1.29, 1.82) is 0 Å². The predicted molar refractivity (Wildman–Crippen MR) is 113 cm³/mol. The van der Waals surface area contributed by atoms with Crippen molar-refractivity contribution in [2.45, 2.75) is 19.4 Å². The van der Waals surface area contributed by atoms with Crippen molar-refractivity contribution in [3.05, 3.63) is 84.2 Å². The minimum Gasteiger partial charge on any atom is -0.497 e. The van der Waals surface area contributed by atoms with Gasteiger partial charge in [-0.25, -0.2) is 4.79 Å². The summed E-state index contributed by atoms with van der Waals surface area (Å²) < 4.78 is 10.9. The van der Waals surface area contributed by atoms with Gasteiger partial charge in [0.25, 0.3) is 0 Å². The van der Waals surface area contributed by atoms with Gasteiger partial charge in [-0.1, -0.05) is 18.2 Å². The molecule has 3 rings (SSSR count). The number of nitrogens with one attached hydrogen (secondary N) is 2. The molecule has 0 aliphatic heterocycles. The van der Waals surface area contributed by atoms with Crippen LogP contribution in [0.3, 0.4) is 0 Å². The molecular weight excluding hydrogens is 366 g/mol. The molecular formula is C23H25N3O3. The molecule has 2 aromatic carbocycles. The van der Waals surface area contributed by atoms with Crippen molar-refractivity contribution in [2.24, 2.45) is 0 Å². The topological polar surface area (TPSA) is 72.5 Å². The molecule has 1 heterocycles. The van der Waals surface area contributed by atoms with Gasteiger partial charge in [-0.05, 0) is 66.4 Å². The third-order valence-electron chi connectivity index (χ3n) is 4.33. The number of urea groups is 1. The number of benzene rings is 2.